The van der Waals surface area contributed by atoms with Gasteiger partial charge in [0.25, 0.3) is 10.0 Å². The van der Waals surface area contributed by atoms with Crippen LogP contribution < -0.4 is 19.1 Å². The first-order chi connectivity index (χ1) is 20.5. The average molecular weight is 614 g/mol. The van der Waals surface area contributed by atoms with Crippen LogP contribution in [0.3, 0.4) is 0 Å². The predicted octanol–water partition coefficient (Wildman–Crippen LogP) is 5.01. The van der Waals surface area contributed by atoms with E-state index in [0.717, 1.165) is 28.6 Å². The van der Waals surface area contributed by atoms with Gasteiger partial charge in [0.2, 0.25) is 11.8 Å². The molecule has 3 rings (SSSR count). The van der Waals surface area contributed by atoms with Crippen molar-refractivity contribution in [1.29, 1.82) is 0 Å². The summed E-state index contributed by atoms with van der Waals surface area (Å²) in [4.78, 5) is 28.7. The number of carbonyl (C=O) groups excluding carboxylic acids is 2. The predicted molar refractivity (Wildman–Crippen MR) is 164 cm³/mol. The van der Waals surface area contributed by atoms with Gasteiger partial charge < -0.3 is 19.7 Å². The second-order valence-corrected chi connectivity index (χ2v) is 12.2. The summed E-state index contributed by atoms with van der Waals surface area (Å²) in [5, 5.41) is 2.90. The topological polar surface area (TPSA) is 105 Å². The van der Waals surface area contributed by atoms with E-state index in [4.69, 9.17) is 9.47 Å². The van der Waals surface area contributed by atoms with Crippen LogP contribution in [0.4, 0.5) is 10.1 Å². The molecule has 0 unspecified atom stereocenters. The second-order valence-electron chi connectivity index (χ2n) is 10.3. The van der Waals surface area contributed by atoms with Gasteiger partial charge in [-0.25, -0.2) is 12.8 Å². The average Bonchev–Trinajstić information content (AvgIpc) is 2.99. The number of ether oxygens (including phenoxy) is 2. The number of hydrogen-bond acceptors (Lipinski definition) is 6. The van der Waals surface area contributed by atoms with Crippen molar-refractivity contribution in [2.45, 2.75) is 51.6 Å². The van der Waals surface area contributed by atoms with Gasteiger partial charge in [-0.1, -0.05) is 32.9 Å². The minimum atomic E-state index is -4.32. The normalized spacial score (nSPS) is 12.0. The molecule has 232 valence electrons. The molecule has 0 saturated carbocycles. The van der Waals surface area contributed by atoms with Crippen LogP contribution in [0.15, 0.2) is 77.7 Å². The van der Waals surface area contributed by atoms with E-state index in [1.165, 1.54) is 12.0 Å². The summed E-state index contributed by atoms with van der Waals surface area (Å²) < 4.78 is 53.3. The van der Waals surface area contributed by atoms with Crippen LogP contribution in [-0.4, -0.2) is 58.0 Å². The third-order valence-corrected chi connectivity index (χ3v) is 8.46. The van der Waals surface area contributed by atoms with Gasteiger partial charge in [0.05, 0.1) is 24.3 Å². The Morgan fingerprint density at radius 1 is 0.953 bits per heavy atom. The van der Waals surface area contributed by atoms with Gasteiger partial charge in [0.15, 0.2) is 0 Å². The molecule has 0 fully saturated rings. The van der Waals surface area contributed by atoms with E-state index < -0.39 is 34.3 Å². The summed E-state index contributed by atoms with van der Waals surface area (Å²) in [7, 11) is -2.79. The van der Waals surface area contributed by atoms with Crippen molar-refractivity contribution in [3.63, 3.8) is 0 Å². The number of nitrogens with one attached hydrogen (secondary N) is 1. The quantitative estimate of drug-likeness (QED) is 0.259. The van der Waals surface area contributed by atoms with Gasteiger partial charge in [-0.3, -0.25) is 13.9 Å². The lowest BCUT2D eigenvalue weighted by Gasteiger charge is -2.33. The number of halogens is 1. The van der Waals surface area contributed by atoms with Crippen LogP contribution >= 0.6 is 0 Å². The maximum absolute atomic E-state index is 14.2. The van der Waals surface area contributed by atoms with Gasteiger partial charge in [-0.05, 0) is 85.5 Å². The zero-order valence-corrected chi connectivity index (χ0v) is 26.1. The monoisotopic (exact) mass is 613 g/mol. The number of amides is 2. The molecule has 43 heavy (non-hydrogen) atoms. The molecule has 0 aliphatic carbocycles. The summed E-state index contributed by atoms with van der Waals surface area (Å²) >= 11 is 0. The Balaban J connectivity index is 2.06. The summed E-state index contributed by atoms with van der Waals surface area (Å²) in [6.07, 6.45) is 0.299. The summed E-state index contributed by atoms with van der Waals surface area (Å²) in [6.45, 7) is 7.84. The molecule has 0 aliphatic heterocycles. The van der Waals surface area contributed by atoms with Crippen molar-refractivity contribution in [2.75, 3.05) is 31.1 Å². The highest BCUT2D eigenvalue weighted by Crippen LogP contribution is 2.27. The van der Waals surface area contributed by atoms with Crippen LogP contribution in [0, 0.1) is 11.7 Å². The minimum Gasteiger partial charge on any atom is -0.497 e. The molecule has 11 heteroatoms. The van der Waals surface area contributed by atoms with E-state index in [0.29, 0.717) is 36.6 Å². The van der Waals surface area contributed by atoms with Crippen molar-refractivity contribution in [3.05, 3.63) is 84.2 Å². The van der Waals surface area contributed by atoms with Crippen molar-refractivity contribution in [3.8, 4) is 11.5 Å². The first-order valence-corrected chi connectivity index (χ1v) is 15.6. The lowest BCUT2D eigenvalue weighted by molar-refractivity contribution is -0.140. The maximum Gasteiger partial charge on any atom is 0.264 e. The Bertz CT molecular complexity index is 1460. The van der Waals surface area contributed by atoms with Crippen molar-refractivity contribution in [2.24, 2.45) is 5.92 Å². The van der Waals surface area contributed by atoms with Crippen molar-refractivity contribution in [1.82, 2.24) is 10.2 Å². The summed E-state index contributed by atoms with van der Waals surface area (Å²) in [5.74, 6) is -0.206. The smallest absolute Gasteiger partial charge is 0.264 e. The Morgan fingerprint density at radius 3 is 2.21 bits per heavy atom. The van der Waals surface area contributed by atoms with E-state index in [1.807, 2.05) is 20.8 Å². The van der Waals surface area contributed by atoms with E-state index in [2.05, 4.69) is 5.32 Å². The maximum atomic E-state index is 14.2. The number of methoxy groups -OCH3 is 1. The zero-order chi connectivity index (χ0) is 31.6. The molecule has 1 atom stereocenters. The SMILES string of the molecule is CCOc1ccc(N(CC(=O)N(Cc2cccc(OC)c2)[C@H](CC)C(=O)NCC(C)C)S(=O)(=O)c2ccc(F)cc2)cc1. The van der Waals surface area contributed by atoms with Crippen molar-refractivity contribution < 1.29 is 31.9 Å². The van der Waals surface area contributed by atoms with E-state index in [1.54, 1.807) is 55.5 Å². The minimum absolute atomic E-state index is 0.0390. The highest BCUT2D eigenvalue weighted by molar-refractivity contribution is 7.92. The lowest BCUT2D eigenvalue weighted by atomic mass is 10.1. The molecule has 0 saturated heterocycles. The molecule has 0 heterocycles. The number of anilines is 1. The molecule has 0 bridgehead atoms. The highest BCUT2D eigenvalue weighted by Gasteiger charge is 2.33. The first kappa shape index (κ1) is 33.4. The third-order valence-electron chi connectivity index (χ3n) is 6.67. The fourth-order valence-electron chi connectivity index (χ4n) is 4.45. The molecule has 0 aromatic heterocycles. The standard InChI is InChI=1S/C32H40FN3O6S/c1-6-30(32(38)34-20-23(3)4)35(21-24-9-8-10-28(19-24)41-5)31(37)22-36(26-13-15-27(16-14-26)42-7-2)43(39,40)29-17-11-25(33)12-18-29/h8-19,23,30H,6-7,20-22H2,1-5H3,(H,34,38)/t30-/m1/s1. The third kappa shape index (κ3) is 8.93. The molecule has 9 nitrogen and oxygen atoms in total. The number of rotatable bonds is 15. The molecule has 0 aliphatic rings. The first-order valence-electron chi connectivity index (χ1n) is 14.2. The van der Waals surface area contributed by atoms with Gasteiger partial charge in [-0.2, -0.15) is 0 Å². The lowest BCUT2D eigenvalue weighted by Crippen LogP contribution is -2.52. The number of sulfonamides is 1. The molecular weight excluding hydrogens is 573 g/mol. The fraction of sp³-hybridized carbons (Fsp3) is 0.375. The number of hydrogen-bond donors (Lipinski definition) is 1. The van der Waals surface area contributed by atoms with Gasteiger partial charge in [0.1, 0.15) is 29.9 Å². The molecular formula is C32H40FN3O6S. The molecule has 3 aromatic carbocycles. The Labute approximate surface area is 253 Å². The van der Waals surface area contributed by atoms with Crippen LogP contribution in [-0.2, 0) is 26.2 Å². The van der Waals surface area contributed by atoms with E-state index in [-0.39, 0.29) is 29.0 Å². The highest BCUT2D eigenvalue weighted by atomic mass is 32.2. The van der Waals surface area contributed by atoms with E-state index >= 15 is 0 Å². The molecule has 3 aromatic rings. The second kappa shape index (κ2) is 15.4. The Morgan fingerprint density at radius 2 is 1.63 bits per heavy atom. The summed E-state index contributed by atoms with van der Waals surface area (Å²) in [5.41, 5.74) is 0.914. The van der Waals surface area contributed by atoms with Gasteiger partial charge in [-0.15, -0.1) is 0 Å². The largest absolute Gasteiger partial charge is 0.497 e. The Hall–Kier alpha value is -4.12. The van der Waals surface area contributed by atoms with Gasteiger partial charge >= 0.3 is 0 Å². The molecule has 1 N–H and O–H groups in total. The van der Waals surface area contributed by atoms with Gasteiger partial charge in [0, 0.05) is 13.1 Å². The summed E-state index contributed by atoms with van der Waals surface area (Å²) in [6, 6.07) is 16.9. The molecule has 2 amide bonds. The van der Waals surface area contributed by atoms with Crippen LogP contribution in [0.1, 0.15) is 39.7 Å². The Kier molecular flexibility index (Phi) is 11.9. The van der Waals surface area contributed by atoms with E-state index in [9.17, 15) is 22.4 Å². The zero-order valence-electron chi connectivity index (χ0n) is 25.2. The number of benzene rings is 3. The number of nitrogens with zero attached hydrogens (tertiary/aromatic N) is 2. The molecule has 0 spiro atoms. The molecule has 0 radical (unpaired) electrons. The van der Waals surface area contributed by atoms with Crippen LogP contribution in [0.5, 0.6) is 11.5 Å². The van der Waals surface area contributed by atoms with Crippen LogP contribution in [0.2, 0.25) is 0 Å². The number of carbonyl (C=O) groups is 2. The van der Waals surface area contributed by atoms with Crippen molar-refractivity contribution >= 4 is 27.5 Å². The van der Waals surface area contributed by atoms with Crippen LogP contribution in [0.25, 0.3) is 0 Å². The fourth-order valence-corrected chi connectivity index (χ4v) is 5.86.